The maximum Gasteiger partial charge on any atom is 0.191 e. The van der Waals surface area contributed by atoms with E-state index in [2.05, 4.69) is 32.5 Å². The van der Waals surface area contributed by atoms with Gasteiger partial charge in [0, 0.05) is 36.0 Å². The van der Waals surface area contributed by atoms with E-state index in [0.29, 0.717) is 0 Å². The highest BCUT2D eigenvalue weighted by Crippen LogP contribution is 2.16. The van der Waals surface area contributed by atoms with Crippen LogP contribution in [0.1, 0.15) is 25.5 Å². The van der Waals surface area contributed by atoms with Crippen LogP contribution >= 0.6 is 46.7 Å². The summed E-state index contributed by atoms with van der Waals surface area (Å²) in [5.74, 6) is 0.814. The van der Waals surface area contributed by atoms with Crippen LogP contribution in [0.25, 0.3) is 0 Å². The monoisotopic (exact) mass is 451 g/mol. The lowest BCUT2D eigenvalue weighted by atomic mass is 10.4. The molecule has 2 rings (SSSR count). The Morgan fingerprint density at radius 2 is 2.00 bits per heavy atom. The molecule has 0 atom stereocenters. The minimum absolute atomic E-state index is 0. The van der Waals surface area contributed by atoms with E-state index in [1.165, 1.54) is 9.75 Å². The predicted octanol–water partition coefficient (Wildman–Crippen LogP) is 3.05. The predicted molar refractivity (Wildman–Crippen MR) is 106 cm³/mol. The standard InChI is InChI=1S/C14H21N5S2.HI/c1-9-7-17-13(20-9)5-6-16-14(15-4)18-8-12-10(2)19-11(3)21-12;/h7H,5-6,8H2,1-4H3,(H2,15,16,18);1H. The maximum absolute atomic E-state index is 4.43. The van der Waals surface area contributed by atoms with Crippen molar-refractivity contribution in [2.24, 2.45) is 4.99 Å². The summed E-state index contributed by atoms with van der Waals surface area (Å²) in [5, 5.41) is 8.90. The van der Waals surface area contributed by atoms with Crippen LogP contribution in [0, 0.1) is 20.8 Å². The van der Waals surface area contributed by atoms with Gasteiger partial charge >= 0.3 is 0 Å². The molecule has 0 aliphatic carbocycles. The molecule has 0 aliphatic heterocycles. The number of thiazole rings is 2. The Hall–Kier alpha value is -0.740. The van der Waals surface area contributed by atoms with E-state index >= 15 is 0 Å². The molecular formula is C14H22IN5S2. The molecular weight excluding hydrogens is 429 g/mol. The van der Waals surface area contributed by atoms with Crippen LogP contribution in [0.5, 0.6) is 0 Å². The first kappa shape index (κ1) is 19.3. The summed E-state index contributed by atoms with van der Waals surface area (Å²) in [4.78, 5) is 15.5. The Kier molecular flexibility index (Phi) is 8.26. The third-order valence-corrected chi connectivity index (χ3v) is 4.99. The molecule has 2 aromatic rings. The van der Waals surface area contributed by atoms with Gasteiger partial charge in [-0.25, -0.2) is 9.97 Å². The van der Waals surface area contributed by atoms with E-state index in [4.69, 9.17) is 0 Å². The fourth-order valence-corrected chi connectivity index (χ4v) is 3.59. The SMILES string of the molecule is CN=C(NCCc1ncc(C)s1)NCc1sc(C)nc1C.I. The normalized spacial score (nSPS) is 11.2. The molecule has 2 aromatic heterocycles. The van der Waals surface area contributed by atoms with Crippen LogP contribution < -0.4 is 10.6 Å². The zero-order valence-corrected chi connectivity index (χ0v) is 17.2. The van der Waals surface area contributed by atoms with Crippen molar-refractivity contribution in [3.8, 4) is 0 Å². The van der Waals surface area contributed by atoms with Gasteiger partial charge in [0.1, 0.15) is 0 Å². The molecule has 0 spiro atoms. The quantitative estimate of drug-likeness (QED) is 0.417. The van der Waals surface area contributed by atoms with Crippen molar-refractivity contribution in [3.05, 3.63) is 31.7 Å². The van der Waals surface area contributed by atoms with Gasteiger partial charge in [-0.3, -0.25) is 4.99 Å². The minimum atomic E-state index is 0. The second kappa shape index (κ2) is 9.41. The van der Waals surface area contributed by atoms with Crippen molar-refractivity contribution < 1.29 is 0 Å². The topological polar surface area (TPSA) is 62.2 Å². The molecule has 0 saturated carbocycles. The van der Waals surface area contributed by atoms with E-state index in [9.17, 15) is 0 Å². The Bertz CT molecular complexity index is 621. The van der Waals surface area contributed by atoms with Crippen LogP contribution in [0.15, 0.2) is 11.2 Å². The molecule has 0 bridgehead atoms. The average Bonchev–Trinajstić information content (AvgIpc) is 2.99. The first-order chi connectivity index (χ1) is 10.1. The number of nitrogens with zero attached hydrogens (tertiary/aromatic N) is 3. The summed E-state index contributed by atoms with van der Waals surface area (Å²) in [6.07, 6.45) is 2.83. The summed E-state index contributed by atoms with van der Waals surface area (Å²) >= 11 is 3.47. The molecule has 0 aliphatic rings. The van der Waals surface area contributed by atoms with E-state index in [-0.39, 0.29) is 24.0 Å². The smallest absolute Gasteiger partial charge is 0.191 e. The zero-order chi connectivity index (χ0) is 15.2. The van der Waals surface area contributed by atoms with E-state index in [0.717, 1.165) is 41.2 Å². The number of nitrogens with one attached hydrogen (secondary N) is 2. The first-order valence-corrected chi connectivity index (χ1v) is 8.50. The Morgan fingerprint density at radius 1 is 1.23 bits per heavy atom. The van der Waals surface area contributed by atoms with Gasteiger partial charge in [0.05, 0.1) is 22.3 Å². The summed E-state index contributed by atoms with van der Waals surface area (Å²) in [6, 6.07) is 0. The van der Waals surface area contributed by atoms with Gasteiger partial charge < -0.3 is 10.6 Å². The number of aryl methyl sites for hydroxylation is 3. The molecule has 0 amide bonds. The molecule has 0 aromatic carbocycles. The Labute approximate surface area is 156 Å². The van der Waals surface area contributed by atoms with Crippen LogP contribution in [0.2, 0.25) is 0 Å². The number of guanidine groups is 1. The number of hydrogen-bond acceptors (Lipinski definition) is 5. The Morgan fingerprint density at radius 3 is 2.55 bits per heavy atom. The van der Waals surface area contributed by atoms with Crippen molar-refractivity contribution >= 4 is 52.6 Å². The van der Waals surface area contributed by atoms with Gasteiger partial charge in [-0.2, -0.15) is 0 Å². The van der Waals surface area contributed by atoms with Crippen molar-refractivity contribution in [2.75, 3.05) is 13.6 Å². The number of hydrogen-bond donors (Lipinski definition) is 2. The van der Waals surface area contributed by atoms with Crippen molar-refractivity contribution in [3.63, 3.8) is 0 Å². The van der Waals surface area contributed by atoms with Gasteiger partial charge in [-0.05, 0) is 20.8 Å². The maximum atomic E-state index is 4.43. The lowest BCUT2D eigenvalue weighted by Crippen LogP contribution is -2.37. The molecule has 22 heavy (non-hydrogen) atoms. The summed E-state index contributed by atoms with van der Waals surface area (Å²) < 4.78 is 0. The first-order valence-electron chi connectivity index (χ1n) is 6.87. The molecule has 5 nitrogen and oxygen atoms in total. The highest BCUT2D eigenvalue weighted by molar-refractivity contribution is 14.0. The highest BCUT2D eigenvalue weighted by Gasteiger charge is 2.06. The highest BCUT2D eigenvalue weighted by atomic mass is 127. The summed E-state index contributed by atoms with van der Waals surface area (Å²) in [5.41, 5.74) is 1.10. The van der Waals surface area contributed by atoms with Crippen molar-refractivity contribution in [2.45, 2.75) is 33.7 Å². The van der Waals surface area contributed by atoms with Crippen LogP contribution in [0.3, 0.4) is 0 Å². The second-order valence-electron chi connectivity index (χ2n) is 4.71. The molecule has 0 radical (unpaired) electrons. The van der Waals surface area contributed by atoms with Crippen molar-refractivity contribution in [1.29, 1.82) is 0 Å². The molecule has 0 fully saturated rings. The summed E-state index contributed by atoms with van der Waals surface area (Å²) in [7, 11) is 1.79. The minimum Gasteiger partial charge on any atom is -0.356 e. The molecule has 2 heterocycles. The molecule has 0 saturated heterocycles. The lowest BCUT2D eigenvalue weighted by Gasteiger charge is -2.10. The van der Waals surface area contributed by atoms with Gasteiger partial charge in [-0.1, -0.05) is 0 Å². The van der Waals surface area contributed by atoms with Gasteiger partial charge in [-0.15, -0.1) is 46.7 Å². The number of aromatic nitrogens is 2. The van der Waals surface area contributed by atoms with Gasteiger partial charge in [0.15, 0.2) is 5.96 Å². The lowest BCUT2D eigenvalue weighted by molar-refractivity contribution is 0.793. The fraction of sp³-hybridized carbons (Fsp3) is 0.500. The second-order valence-corrected chi connectivity index (χ2v) is 7.32. The molecule has 8 heteroatoms. The van der Waals surface area contributed by atoms with E-state index < -0.39 is 0 Å². The zero-order valence-electron chi connectivity index (χ0n) is 13.3. The molecule has 2 N–H and O–H groups in total. The number of aliphatic imine (C=N–C) groups is 1. The molecule has 0 unspecified atom stereocenters. The third-order valence-electron chi connectivity index (χ3n) is 2.94. The third kappa shape index (κ3) is 5.81. The van der Waals surface area contributed by atoms with Crippen LogP contribution in [-0.2, 0) is 13.0 Å². The van der Waals surface area contributed by atoms with Gasteiger partial charge in [0.2, 0.25) is 0 Å². The van der Waals surface area contributed by atoms with Crippen LogP contribution in [-0.4, -0.2) is 29.5 Å². The van der Waals surface area contributed by atoms with Crippen LogP contribution in [0.4, 0.5) is 0 Å². The summed E-state index contributed by atoms with van der Waals surface area (Å²) in [6.45, 7) is 7.74. The average molecular weight is 451 g/mol. The van der Waals surface area contributed by atoms with Crippen molar-refractivity contribution in [1.82, 2.24) is 20.6 Å². The molecule has 122 valence electrons. The van der Waals surface area contributed by atoms with E-state index in [1.54, 1.807) is 29.7 Å². The number of rotatable bonds is 5. The Balaban J connectivity index is 0.00000242. The van der Waals surface area contributed by atoms with E-state index in [1.807, 2.05) is 20.0 Å². The fourth-order valence-electron chi connectivity index (χ4n) is 1.93. The van der Waals surface area contributed by atoms with Gasteiger partial charge in [0.25, 0.3) is 0 Å². The largest absolute Gasteiger partial charge is 0.356 e. The number of halogens is 1.